The zero-order valence-electron chi connectivity index (χ0n) is 12.5. The molecule has 0 unspecified atom stereocenters. The molecule has 2 nitrogen and oxygen atoms in total. The van der Waals surface area contributed by atoms with E-state index in [2.05, 4.69) is 23.5 Å². The van der Waals surface area contributed by atoms with E-state index >= 15 is 0 Å². The lowest BCUT2D eigenvalue weighted by Crippen LogP contribution is -2.15. The van der Waals surface area contributed by atoms with Crippen LogP contribution in [0.4, 0.5) is 5.69 Å². The summed E-state index contributed by atoms with van der Waals surface area (Å²) in [5.41, 5.74) is 6.03. The molecule has 1 aliphatic rings. The molecule has 1 N–H and O–H groups in total. The van der Waals surface area contributed by atoms with E-state index in [1.54, 1.807) is 0 Å². The Hall–Kier alpha value is -2.09. The van der Waals surface area contributed by atoms with Crippen LogP contribution in [-0.4, -0.2) is 5.91 Å². The average molecular weight is 279 g/mol. The molecule has 0 aromatic heterocycles. The molecule has 108 valence electrons. The number of carbonyl (C=O) groups is 1. The minimum Gasteiger partial charge on any atom is -0.326 e. The zero-order valence-corrected chi connectivity index (χ0v) is 12.5. The SMILES string of the molecule is Cc1cccc(NC(=O)Cc2ccc3c(c2)CCCC3)c1. The number of fused-ring (bicyclic) bond motifs is 1. The van der Waals surface area contributed by atoms with Crippen LogP contribution in [-0.2, 0) is 24.1 Å². The Bertz CT molecular complexity index is 660. The second-order valence-electron chi connectivity index (χ2n) is 5.90. The van der Waals surface area contributed by atoms with Gasteiger partial charge in [0.2, 0.25) is 5.91 Å². The van der Waals surface area contributed by atoms with Crippen molar-refractivity contribution < 1.29 is 4.79 Å². The van der Waals surface area contributed by atoms with Crippen LogP contribution < -0.4 is 5.32 Å². The smallest absolute Gasteiger partial charge is 0.228 e. The monoisotopic (exact) mass is 279 g/mol. The Labute approximate surface area is 126 Å². The summed E-state index contributed by atoms with van der Waals surface area (Å²) in [7, 11) is 0. The van der Waals surface area contributed by atoms with E-state index in [4.69, 9.17) is 0 Å². The molecule has 0 heterocycles. The summed E-state index contributed by atoms with van der Waals surface area (Å²) in [6, 6.07) is 14.4. The number of aryl methyl sites for hydroxylation is 3. The van der Waals surface area contributed by atoms with Gasteiger partial charge in [0.15, 0.2) is 0 Å². The highest BCUT2D eigenvalue weighted by molar-refractivity contribution is 5.92. The van der Waals surface area contributed by atoms with Crippen molar-refractivity contribution >= 4 is 11.6 Å². The van der Waals surface area contributed by atoms with Gasteiger partial charge in [0, 0.05) is 5.69 Å². The summed E-state index contributed by atoms with van der Waals surface area (Å²) in [4.78, 5) is 12.2. The lowest BCUT2D eigenvalue weighted by atomic mass is 9.90. The van der Waals surface area contributed by atoms with Gasteiger partial charge in [-0.2, -0.15) is 0 Å². The molecule has 0 saturated heterocycles. The van der Waals surface area contributed by atoms with Crippen molar-refractivity contribution in [2.45, 2.75) is 39.0 Å². The molecule has 1 amide bonds. The maximum Gasteiger partial charge on any atom is 0.228 e. The lowest BCUT2D eigenvalue weighted by Gasteiger charge is -2.16. The fourth-order valence-corrected chi connectivity index (χ4v) is 3.01. The van der Waals surface area contributed by atoms with Crippen molar-refractivity contribution in [3.8, 4) is 0 Å². The Morgan fingerprint density at radius 2 is 1.86 bits per heavy atom. The first-order chi connectivity index (χ1) is 10.2. The van der Waals surface area contributed by atoms with Gasteiger partial charge in [0.05, 0.1) is 6.42 Å². The highest BCUT2D eigenvalue weighted by Gasteiger charge is 2.11. The van der Waals surface area contributed by atoms with Crippen LogP contribution in [0, 0.1) is 6.92 Å². The molecule has 2 aromatic rings. The molecular formula is C19H21NO. The Kier molecular flexibility index (Phi) is 4.05. The molecular weight excluding hydrogens is 258 g/mol. The molecule has 0 saturated carbocycles. The third-order valence-electron chi connectivity index (χ3n) is 4.08. The predicted octanol–water partition coefficient (Wildman–Crippen LogP) is 4.06. The van der Waals surface area contributed by atoms with Crippen LogP contribution in [0.2, 0.25) is 0 Å². The topological polar surface area (TPSA) is 29.1 Å². The van der Waals surface area contributed by atoms with Crippen LogP contribution in [0.3, 0.4) is 0 Å². The van der Waals surface area contributed by atoms with Gasteiger partial charge in [-0.3, -0.25) is 4.79 Å². The van der Waals surface area contributed by atoms with Gasteiger partial charge in [0.1, 0.15) is 0 Å². The molecule has 0 fully saturated rings. The summed E-state index contributed by atoms with van der Waals surface area (Å²) in [5, 5.41) is 2.97. The number of hydrogen-bond donors (Lipinski definition) is 1. The minimum atomic E-state index is 0.0522. The van der Waals surface area contributed by atoms with Crippen molar-refractivity contribution in [2.75, 3.05) is 5.32 Å². The fourth-order valence-electron chi connectivity index (χ4n) is 3.01. The van der Waals surface area contributed by atoms with E-state index in [0.29, 0.717) is 6.42 Å². The molecule has 2 heteroatoms. The highest BCUT2D eigenvalue weighted by Crippen LogP contribution is 2.22. The van der Waals surface area contributed by atoms with E-state index in [1.165, 1.54) is 30.4 Å². The zero-order chi connectivity index (χ0) is 14.7. The first kappa shape index (κ1) is 13.9. The summed E-state index contributed by atoms with van der Waals surface area (Å²) >= 11 is 0. The van der Waals surface area contributed by atoms with Gasteiger partial charge >= 0.3 is 0 Å². The molecule has 0 bridgehead atoms. The first-order valence-electron chi connectivity index (χ1n) is 7.68. The molecule has 0 radical (unpaired) electrons. The summed E-state index contributed by atoms with van der Waals surface area (Å²) in [5.74, 6) is 0.0522. The Balaban J connectivity index is 1.67. The molecule has 3 rings (SSSR count). The maximum absolute atomic E-state index is 12.2. The lowest BCUT2D eigenvalue weighted by molar-refractivity contribution is -0.115. The van der Waals surface area contributed by atoms with Gasteiger partial charge in [-0.1, -0.05) is 30.3 Å². The standard InChI is InChI=1S/C19H21NO/c1-14-5-4-8-18(11-14)20-19(21)13-15-9-10-16-6-2-3-7-17(16)12-15/h4-5,8-12H,2-3,6-7,13H2,1H3,(H,20,21). The van der Waals surface area contributed by atoms with Crippen molar-refractivity contribution in [1.82, 2.24) is 0 Å². The molecule has 0 spiro atoms. The maximum atomic E-state index is 12.2. The molecule has 0 atom stereocenters. The normalized spacial score (nSPS) is 13.6. The third-order valence-corrected chi connectivity index (χ3v) is 4.08. The average Bonchev–Trinajstić information content (AvgIpc) is 2.47. The summed E-state index contributed by atoms with van der Waals surface area (Å²) in [6.07, 6.45) is 5.35. The van der Waals surface area contributed by atoms with Gasteiger partial charge < -0.3 is 5.32 Å². The van der Waals surface area contributed by atoms with Gasteiger partial charge in [-0.05, 0) is 67.0 Å². The van der Waals surface area contributed by atoms with Crippen molar-refractivity contribution in [3.05, 3.63) is 64.7 Å². The predicted molar refractivity (Wildman–Crippen MR) is 86.6 cm³/mol. The molecule has 21 heavy (non-hydrogen) atoms. The second-order valence-corrected chi connectivity index (χ2v) is 5.90. The van der Waals surface area contributed by atoms with E-state index in [1.807, 2.05) is 31.2 Å². The Morgan fingerprint density at radius 3 is 2.67 bits per heavy atom. The van der Waals surface area contributed by atoms with Crippen LogP contribution in [0.1, 0.15) is 35.1 Å². The van der Waals surface area contributed by atoms with Crippen molar-refractivity contribution in [2.24, 2.45) is 0 Å². The number of amides is 1. The fraction of sp³-hybridized carbons (Fsp3) is 0.316. The van der Waals surface area contributed by atoms with Crippen molar-refractivity contribution in [3.63, 3.8) is 0 Å². The first-order valence-corrected chi connectivity index (χ1v) is 7.68. The number of hydrogen-bond acceptors (Lipinski definition) is 1. The number of rotatable bonds is 3. The largest absolute Gasteiger partial charge is 0.326 e. The van der Waals surface area contributed by atoms with E-state index in [0.717, 1.165) is 23.2 Å². The summed E-state index contributed by atoms with van der Waals surface area (Å²) < 4.78 is 0. The van der Waals surface area contributed by atoms with Crippen LogP contribution >= 0.6 is 0 Å². The van der Waals surface area contributed by atoms with E-state index in [-0.39, 0.29) is 5.91 Å². The highest BCUT2D eigenvalue weighted by atomic mass is 16.1. The molecule has 1 aliphatic carbocycles. The van der Waals surface area contributed by atoms with Crippen molar-refractivity contribution in [1.29, 1.82) is 0 Å². The van der Waals surface area contributed by atoms with Crippen LogP contribution in [0.5, 0.6) is 0 Å². The van der Waals surface area contributed by atoms with Crippen LogP contribution in [0.15, 0.2) is 42.5 Å². The summed E-state index contributed by atoms with van der Waals surface area (Å²) in [6.45, 7) is 2.03. The number of benzene rings is 2. The Morgan fingerprint density at radius 1 is 1.05 bits per heavy atom. The quantitative estimate of drug-likeness (QED) is 0.902. The number of carbonyl (C=O) groups excluding carboxylic acids is 1. The number of anilines is 1. The minimum absolute atomic E-state index is 0.0522. The van der Waals surface area contributed by atoms with E-state index in [9.17, 15) is 4.79 Å². The van der Waals surface area contributed by atoms with Gasteiger partial charge in [-0.15, -0.1) is 0 Å². The third kappa shape index (κ3) is 3.52. The molecule has 2 aromatic carbocycles. The number of nitrogens with one attached hydrogen (secondary N) is 1. The van der Waals surface area contributed by atoms with E-state index < -0.39 is 0 Å². The van der Waals surface area contributed by atoms with Gasteiger partial charge in [-0.25, -0.2) is 0 Å². The second kappa shape index (κ2) is 6.13. The van der Waals surface area contributed by atoms with Crippen LogP contribution in [0.25, 0.3) is 0 Å². The molecule has 0 aliphatic heterocycles. The van der Waals surface area contributed by atoms with Gasteiger partial charge in [0.25, 0.3) is 0 Å².